The maximum Gasteiger partial charge on any atom is 0.258 e. The summed E-state index contributed by atoms with van der Waals surface area (Å²) < 4.78 is 51.5. The minimum atomic E-state index is -1.44. The first-order valence-corrected chi connectivity index (χ1v) is 12.3. The van der Waals surface area contributed by atoms with Gasteiger partial charge in [-0.05, 0) is 30.0 Å². The zero-order valence-corrected chi connectivity index (χ0v) is 20.5. The first kappa shape index (κ1) is 23.8. The average molecular weight is 520 g/mol. The zero-order chi connectivity index (χ0) is 25.2. The summed E-state index contributed by atoms with van der Waals surface area (Å²) in [5.41, 5.74) is 4.48. The number of nitrogens with two attached hydrogens (primary N) is 1. The van der Waals surface area contributed by atoms with E-state index < -0.39 is 29.3 Å². The SMILES string of the molecule is CC(C)C1(F)CCN2C(=O)c3cc(F)c(-c4ccc(F)c5sc(N)c(C#N)c45)c(Cl)c3OCC2C1. The van der Waals surface area contributed by atoms with Gasteiger partial charge in [0.2, 0.25) is 0 Å². The van der Waals surface area contributed by atoms with Crippen LogP contribution in [0.1, 0.15) is 42.6 Å². The lowest BCUT2D eigenvalue weighted by molar-refractivity contribution is -0.0152. The highest BCUT2D eigenvalue weighted by Crippen LogP contribution is 2.48. The third-order valence-electron chi connectivity index (χ3n) is 7.10. The Labute approximate surface area is 208 Å². The van der Waals surface area contributed by atoms with E-state index in [2.05, 4.69) is 0 Å². The fourth-order valence-electron chi connectivity index (χ4n) is 5.02. The van der Waals surface area contributed by atoms with Crippen molar-refractivity contribution in [2.75, 3.05) is 18.9 Å². The molecule has 35 heavy (non-hydrogen) atoms. The van der Waals surface area contributed by atoms with Gasteiger partial charge < -0.3 is 15.4 Å². The lowest BCUT2D eigenvalue weighted by Gasteiger charge is -2.43. The Bertz CT molecular complexity index is 1430. The van der Waals surface area contributed by atoms with Crippen LogP contribution in [0.2, 0.25) is 5.02 Å². The number of thiophene rings is 1. The smallest absolute Gasteiger partial charge is 0.258 e. The van der Waals surface area contributed by atoms with Crippen molar-refractivity contribution in [3.8, 4) is 22.9 Å². The summed E-state index contributed by atoms with van der Waals surface area (Å²) in [7, 11) is 0. The van der Waals surface area contributed by atoms with Crippen LogP contribution in [0.5, 0.6) is 5.75 Å². The molecule has 5 rings (SSSR count). The Balaban J connectivity index is 1.66. The fourth-order valence-corrected chi connectivity index (χ4v) is 6.32. The van der Waals surface area contributed by atoms with Crippen LogP contribution in [0, 0.1) is 28.9 Å². The summed E-state index contributed by atoms with van der Waals surface area (Å²) in [6.45, 7) is 3.78. The standard InChI is InChI=1S/C25H21ClF3N3O2S/c1-11(2)25(29)5-6-32-12(8-25)10-34-21-14(24(32)33)7-17(28)19(20(21)26)13-3-4-16(27)22-18(13)15(9-30)23(31)35-22/h3-4,7,11-12H,5-6,8,10,31H2,1-2H3. The molecule has 2 aliphatic rings. The summed E-state index contributed by atoms with van der Waals surface area (Å²) in [5, 5.41) is 9.66. The predicted molar refractivity (Wildman–Crippen MR) is 130 cm³/mol. The zero-order valence-electron chi connectivity index (χ0n) is 18.9. The van der Waals surface area contributed by atoms with E-state index in [-0.39, 0.29) is 80.0 Å². The van der Waals surface area contributed by atoms with Gasteiger partial charge in [0.25, 0.3) is 5.91 Å². The van der Waals surface area contributed by atoms with Gasteiger partial charge in [-0.2, -0.15) is 5.26 Å². The van der Waals surface area contributed by atoms with Gasteiger partial charge in [0.1, 0.15) is 35.0 Å². The van der Waals surface area contributed by atoms with Gasteiger partial charge in [-0.15, -0.1) is 11.3 Å². The van der Waals surface area contributed by atoms with Gasteiger partial charge in [-0.3, -0.25) is 4.79 Å². The lowest BCUT2D eigenvalue weighted by Crippen LogP contribution is -2.53. The van der Waals surface area contributed by atoms with Gasteiger partial charge in [-0.1, -0.05) is 31.5 Å². The van der Waals surface area contributed by atoms with Gasteiger partial charge in [0, 0.05) is 23.9 Å². The van der Waals surface area contributed by atoms with E-state index in [1.165, 1.54) is 11.0 Å². The number of nitriles is 1. The average Bonchev–Trinajstić information content (AvgIpc) is 3.09. The number of fused-ring (bicyclic) bond motifs is 3. The maximum atomic E-state index is 15.6. The highest BCUT2D eigenvalue weighted by atomic mass is 35.5. The molecule has 2 unspecified atom stereocenters. The van der Waals surface area contributed by atoms with Gasteiger partial charge in [-0.25, -0.2) is 13.2 Å². The van der Waals surface area contributed by atoms with Gasteiger partial charge in [0.15, 0.2) is 5.75 Å². The number of hydrogen-bond donors (Lipinski definition) is 1. The van der Waals surface area contributed by atoms with E-state index in [0.717, 1.165) is 23.5 Å². The number of halogens is 4. The molecule has 1 amide bonds. The van der Waals surface area contributed by atoms with Crippen molar-refractivity contribution >= 4 is 43.9 Å². The second-order valence-electron chi connectivity index (χ2n) is 9.28. The van der Waals surface area contributed by atoms with Gasteiger partial charge >= 0.3 is 0 Å². The van der Waals surface area contributed by atoms with Crippen LogP contribution in [0.25, 0.3) is 21.2 Å². The molecule has 0 radical (unpaired) electrons. The summed E-state index contributed by atoms with van der Waals surface area (Å²) in [6, 6.07) is 4.93. The van der Waals surface area contributed by atoms with Crippen LogP contribution >= 0.6 is 22.9 Å². The van der Waals surface area contributed by atoms with Crippen molar-refractivity contribution in [2.45, 2.75) is 38.4 Å². The molecule has 2 aromatic carbocycles. The molecule has 1 fully saturated rings. The Morgan fingerprint density at radius 3 is 2.74 bits per heavy atom. The van der Waals surface area contributed by atoms with Crippen LogP contribution in [0.4, 0.5) is 18.2 Å². The monoisotopic (exact) mass is 519 g/mol. The molecule has 10 heteroatoms. The number of rotatable bonds is 2. The van der Waals surface area contributed by atoms with Crippen molar-refractivity contribution in [1.29, 1.82) is 5.26 Å². The largest absolute Gasteiger partial charge is 0.489 e. The number of ether oxygens (including phenoxy) is 1. The second-order valence-corrected chi connectivity index (χ2v) is 10.7. The van der Waals surface area contributed by atoms with Crippen molar-refractivity contribution in [3.05, 3.63) is 46.0 Å². The molecule has 0 aliphatic carbocycles. The van der Waals surface area contributed by atoms with Gasteiger partial charge in [0.05, 0.1) is 26.9 Å². The van der Waals surface area contributed by atoms with Crippen LogP contribution in [-0.4, -0.2) is 35.7 Å². The van der Waals surface area contributed by atoms with E-state index in [4.69, 9.17) is 22.1 Å². The molecular formula is C25H21ClF3N3O2S. The van der Waals surface area contributed by atoms with E-state index in [1.54, 1.807) is 13.8 Å². The number of nitrogens with zero attached hydrogens (tertiary/aromatic N) is 2. The second kappa shape index (κ2) is 8.32. The third-order valence-corrected chi connectivity index (χ3v) is 8.49. The number of carbonyl (C=O) groups is 1. The minimum Gasteiger partial charge on any atom is -0.489 e. The molecule has 2 aliphatic heterocycles. The van der Waals surface area contributed by atoms with Crippen LogP contribution in [0.3, 0.4) is 0 Å². The molecular weight excluding hydrogens is 499 g/mol. The van der Waals surface area contributed by atoms with Crippen LogP contribution < -0.4 is 10.5 Å². The first-order chi connectivity index (χ1) is 16.6. The Kier molecular flexibility index (Phi) is 5.65. The molecule has 3 aromatic rings. The summed E-state index contributed by atoms with van der Waals surface area (Å²) in [5.74, 6) is -2.16. The molecule has 2 N–H and O–H groups in total. The molecule has 2 atom stereocenters. The number of anilines is 1. The molecule has 0 bridgehead atoms. The van der Waals surface area contributed by atoms with E-state index in [9.17, 15) is 14.4 Å². The lowest BCUT2D eigenvalue weighted by atomic mass is 9.80. The van der Waals surface area contributed by atoms with E-state index >= 15 is 8.78 Å². The quantitative estimate of drug-likeness (QED) is 0.430. The van der Waals surface area contributed by atoms with Crippen molar-refractivity contribution < 1.29 is 22.7 Å². The van der Waals surface area contributed by atoms with Crippen LogP contribution in [0.15, 0.2) is 18.2 Å². The molecule has 0 saturated carbocycles. The third kappa shape index (κ3) is 3.54. The fraction of sp³-hybridized carbons (Fsp3) is 0.360. The summed E-state index contributed by atoms with van der Waals surface area (Å²) in [6.07, 6.45) is 0.288. The molecule has 1 saturated heterocycles. The summed E-state index contributed by atoms with van der Waals surface area (Å²) in [4.78, 5) is 14.9. The van der Waals surface area contributed by atoms with Crippen molar-refractivity contribution in [1.82, 2.24) is 4.90 Å². The molecule has 0 spiro atoms. The highest BCUT2D eigenvalue weighted by molar-refractivity contribution is 7.23. The van der Waals surface area contributed by atoms with E-state index in [1.807, 2.05) is 6.07 Å². The number of benzene rings is 2. The number of carbonyl (C=O) groups excluding carboxylic acids is 1. The van der Waals surface area contributed by atoms with Crippen LogP contribution in [-0.2, 0) is 0 Å². The van der Waals surface area contributed by atoms with Crippen molar-refractivity contribution in [2.24, 2.45) is 5.92 Å². The topological polar surface area (TPSA) is 79.4 Å². The van der Waals surface area contributed by atoms with E-state index in [0.29, 0.717) is 0 Å². The maximum absolute atomic E-state index is 15.6. The normalized spacial score (nSPS) is 21.9. The summed E-state index contributed by atoms with van der Waals surface area (Å²) >= 11 is 7.52. The predicted octanol–water partition coefficient (Wildman–Crippen LogP) is 6.32. The molecule has 1 aromatic heterocycles. The number of amides is 1. The Hall–Kier alpha value is -2.96. The molecule has 182 valence electrons. The number of nitrogen functional groups attached to an aromatic ring is 1. The number of alkyl halides is 1. The number of hydrogen-bond acceptors (Lipinski definition) is 5. The first-order valence-electron chi connectivity index (χ1n) is 11.1. The number of piperidine rings is 1. The highest BCUT2D eigenvalue weighted by Gasteiger charge is 2.46. The minimum absolute atomic E-state index is 0.00437. The Morgan fingerprint density at radius 2 is 2.06 bits per heavy atom. The molecule has 3 heterocycles. The Morgan fingerprint density at radius 1 is 1.31 bits per heavy atom. The van der Waals surface area contributed by atoms with Crippen molar-refractivity contribution in [3.63, 3.8) is 0 Å². The molecule has 5 nitrogen and oxygen atoms in total.